The second kappa shape index (κ2) is 7.39. The molecule has 128 valence electrons. The summed E-state index contributed by atoms with van der Waals surface area (Å²) in [7, 11) is 0. The molecule has 0 radical (unpaired) electrons. The number of hydrogen-bond donors (Lipinski definition) is 2. The Hall–Kier alpha value is -2.81. The summed E-state index contributed by atoms with van der Waals surface area (Å²) in [4.78, 5) is 20.6. The van der Waals surface area contributed by atoms with E-state index in [9.17, 15) is 4.79 Å². The molecule has 8 nitrogen and oxygen atoms in total. The Morgan fingerprint density at radius 3 is 2.76 bits per heavy atom. The zero-order valence-corrected chi connectivity index (χ0v) is 15.2. The van der Waals surface area contributed by atoms with Crippen LogP contribution in [0.5, 0.6) is 0 Å². The van der Waals surface area contributed by atoms with Crippen molar-refractivity contribution in [3.63, 3.8) is 0 Å². The van der Waals surface area contributed by atoms with Crippen LogP contribution >= 0.6 is 15.9 Å². The van der Waals surface area contributed by atoms with E-state index in [2.05, 4.69) is 46.7 Å². The van der Waals surface area contributed by atoms with Gasteiger partial charge in [-0.05, 0) is 38.1 Å². The molecule has 2 N–H and O–H groups in total. The Morgan fingerprint density at radius 1 is 1.20 bits per heavy atom. The van der Waals surface area contributed by atoms with Gasteiger partial charge in [0.1, 0.15) is 23.7 Å². The van der Waals surface area contributed by atoms with E-state index in [1.165, 1.54) is 0 Å². The Kier molecular flexibility index (Phi) is 5.03. The number of nitrogens with one attached hydrogen (secondary N) is 2. The Labute approximate surface area is 152 Å². The van der Waals surface area contributed by atoms with Gasteiger partial charge in [-0.15, -0.1) is 10.2 Å². The van der Waals surface area contributed by atoms with Gasteiger partial charge in [0.2, 0.25) is 0 Å². The summed E-state index contributed by atoms with van der Waals surface area (Å²) in [6, 6.07) is 8.58. The molecule has 25 heavy (non-hydrogen) atoms. The lowest BCUT2D eigenvalue weighted by Gasteiger charge is -2.11. The minimum Gasteiger partial charge on any atom is -0.310 e. The van der Waals surface area contributed by atoms with E-state index in [4.69, 9.17) is 0 Å². The number of urea groups is 1. The van der Waals surface area contributed by atoms with Gasteiger partial charge in [-0.1, -0.05) is 22.0 Å². The first-order valence-electron chi connectivity index (χ1n) is 7.59. The van der Waals surface area contributed by atoms with E-state index in [0.29, 0.717) is 23.2 Å². The van der Waals surface area contributed by atoms with Crippen LogP contribution in [0.1, 0.15) is 19.9 Å². The fourth-order valence-electron chi connectivity index (χ4n) is 2.17. The molecule has 0 bridgehead atoms. The molecule has 0 saturated carbocycles. The van der Waals surface area contributed by atoms with Crippen LogP contribution in [0.3, 0.4) is 0 Å². The molecule has 0 spiro atoms. The van der Waals surface area contributed by atoms with Gasteiger partial charge in [0.15, 0.2) is 5.82 Å². The highest BCUT2D eigenvalue weighted by Gasteiger charge is 2.12. The van der Waals surface area contributed by atoms with Crippen molar-refractivity contribution in [3.05, 3.63) is 47.3 Å². The second-order valence-corrected chi connectivity index (χ2v) is 6.42. The topological polar surface area (TPSA) is 97.6 Å². The van der Waals surface area contributed by atoms with E-state index < -0.39 is 6.03 Å². The van der Waals surface area contributed by atoms with Crippen LogP contribution in [0.15, 0.2) is 47.3 Å². The van der Waals surface area contributed by atoms with Crippen molar-refractivity contribution in [2.24, 2.45) is 0 Å². The summed E-state index contributed by atoms with van der Waals surface area (Å²) in [5.41, 5.74) is 0.629. The molecule has 9 heteroatoms. The normalized spacial score (nSPS) is 10.7. The number of aromatic nitrogens is 5. The van der Waals surface area contributed by atoms with Gasteiger partial charge >= 0.3 is 6.03 Å². The van der Waals surface area contributed by atoms with Crippen LogP contribution in [0.25, 0.3) is 11.5 Å². The van der Waals surface area contributed by atoms with Crippen LogP contribution in [-0.2, 0) is 0 Å². The van der Waals surface area contributed by atoms with Crippen molar-refractivity contribution in [2.45, 2.75) is 19.9 Å². The number of amides is 2. The van der Waals surface area contributed by atoms with Crippen molar-refractivity contribution < 1.29 is 4.79 Å². The van der Waals surface area contributed by atoms with Gasteiger partial charge < -0.3 is 4.57 Å². The number of halogens is 1. The maximum absolute atomic E-state index is 12.1. The highest BCUT2D eigenvalue weighted by Crippen LogP contribution is 2.20. The van der Waals surface area contributed by atoms with E-state index in [0.717, 1.165) is 4.47 Å². The molecular formula is C16H16BrN7O. The Bertz CT molecular complexity index is 893. The van der Waals surface area contributed by atoms with E-state index in [1.54, 1.807) is 36.8 Å². The number of carbonyl (C=O) groups excluding carboxylic acids is 1. The summed E-state index contributed by atoms with van der Waals surface area (Å²) < 4.78 is 2.74. The molecule has 2 amide bonds. The smallest absolute Gasteiger partial charge is 0.310 e. The highest BCUT2D eigenvalue weighted by atomic mass is 79.9. The molecule has 0 aliphatic rings. The summed E-state index contributed by atoms with van der Waals surface area (Å²) in [5, 5.41) is 13.4. The molecule has 0 atom stereocenters. The standard InChI is InChI=1S/C16H16BrN7O/c1-10(2)24-9-19-23-15(24)12-4-3-5-13(20-12)21-16(25)22-14-8-11(17)6-7-18-14/h3-10H,1-2H3,(H2,18,20,21,22,25). The maximum Gasteiger partial charge on any atom is 0.326 e. The number of nitrogens with zero attached hydrogens (tertiary/aromatic N) is 5. The quantitative estimate of drug-likeness (QED) is 0.693. The Balaban J connectivity index is 1.75. The lowest BCUT2D eigenvalue weighted by atomic mass is 10.3. The molecule has 0 aliphatic heterocycles. The molecule has 0 unspecified atom stereocenters. The predicted octanol–water partition coefficient (Wildman–Crippen LogP) is 3.72. The molecule has 0 fully saturated rings. The fourth-order valence-corrected chi connectivity index (χ4v) is 2.50. The zero-order chi connectivity index (χ0) is 17.8. The number of pyridine rings is 2. The molecule has 3 heterocycles. The summed E-state index contributed by atoms with van der Waals surface area (Å²) in [6.45, 7) is 4.07. The predicted molar refractivity (Wildman–Crippen MR) is 98.2 cm³/mol. The first kappa shape index (κ1) is 17.0. The SMILES string of the molecule is CC(C)n1cnnc1-c1cccc(NC(=O)Nc2cc(Br)ccn2)n1. The second-order valence-electron chi connectivity index (χ2n) is 5.50. The fraction of sp³-hybridized carbons (Fsp3) is 0.188. The Morgan fingerprint density at radius 2 is 2.00 bits per heavy atom. The third kappa shape index (κ3) is 4.18. The molecule has 3 aromatic heterocycles. The lowest BCUT2D eigenvalue weighted by Crippen LogP contribution is -2.20. The average Bonchev–Trinajstić information content (AvgIpc) is 3.05. The van der Waals surface area contributed by atoms with E-state index in [1.807, 2.05) is 24.5 Å². The van der Waals surface area contributed by atoms with Crippen molar-refractivity contribution >= 4 is 33.6 Å². The van der Waals surface area contributed by atoms with Crippen LogP contribution in [0, 0.1) is 0 Å². The van der Waals surface area contributed by atoms with Crippen LogP contribution in [0.4, 0.5) is 16.4 Å². The number of rotatable bonds is 4. The van der Waals surface area contributed by atoms with Gasteiger partial charge in [0.05, 0.1) is 0 Å². The van der Waals surface area contributed by atoms with Crippen molar-refractivity contribution in [3.8, 4) is 11.5 Å². The van der Waals surface area contributed by atoms with Gasteiger partial charge in [-0.2, -0.15) is 0 Å². The van der Waals surface area contributed by atoms with Crippen LogP contribution in [-0.4, -0.2) is 30.8 Å². The first-order valence-corrected chi connectivity index (χ1v) is 8.39. The summed E-state index contributed by atoms with van der Waals surface area (Å²) in [5.74, 6) is 1.48. The maximum atomic E-state index is 12.1. The summed E-state index contributed by atoms with van der Waals surface area (Å²) in [6.07, 6.45) is 3.25. The highest BCUT2D eigenvalue weighted by molar-refractivity contribution is 9.10. The van der Waals surface area contributed by atoms with Crippen LogP contribution < -0.4 is 10.6 Å². The minimum atomic E-state index is -0.430. The average molecular weight is 402 g/mol. The zero-order valence-electron chi connectivity index (χ0n) is 13.6. The number of anilines is 2. The van der Waals surface area contributed by atoms with Gasteiger partial charge in [-0.3, -0.25) is 10.6 Å². The molecule has 0 aliphatic carbocycles. The van der Waals surface area contributed by atoms with Crippen LogP contribution in [0.2, 0.25) is 0 Å². The molecule has 0 aromatic carbocycles. The van der Waals surface area contributed by atoms with Crippen molar-refractivity contribution in [1.29, 1.82) is 0 Å². The third-order valence-corrected chi connectivity index (χ3v) is 3.81. The molecule has 0 saturated heterocycles. The van der Waals surface area contributed by atoms with E-state index >= 15 is 0 Å². The first-order chi connectivity index (χ1) is 12.0. The van der Waals surface area contributed by atoms with Crippen molar-refractivity contribution in [1.82, 2.24) is 24.7 Å². The third-order valence-electron chi connectivity index (χ3n) is 3.31. The van der Waals surface area contributed by atoms with Crippen molar-refractivity contribution in [2.75, 3.05) is 10.6 Å². The van der Waals surface area contributed by atoms with Gasteiger partial charge in [0, 0.05) is 16.7 Å². The number of hydrogen-bond acceptors (Lipinski definition) is 5. The van der Waals surface area contributed by atoms with Gasteiger partial charge in [0.25, 0.3) is 0 Å². The largest absolute Gasteiger partial charge is 0.326 e. The molecule has 3 rings (SSSR count). The van der Waals surface area contributed by atoms with Gasteiger partial charge in [-0.25, -0.2) is 14.8 Å². The lowest BCUT2D eigenvalue weighted by molar-refractivity contribution is 0.262. The monoisotopic (exact) mass is 401 g/mol. The number of carbonyl (C=O) groups is 1. The molecular weight excluding hydrogens is 386 g/mol. The molecule has 3 aromatic rings. The summed E-state index contributed by atoms with van der Waals surface area (Å²) >= 11 is 3.33. The van der Waals surface area contributed by atoms with E-state index in [-0.39, 0.29) is 6.04 Å². The minimum absolute atomic E-state index is 0.203.